The van der Waals surface area contributed by atoms with Crippen LogP contribution in [-0.4, -0.2) is 13.1 Å². The first kappa shape index (κ1) is 14.6. The van der Waals surface area contributed by atoms with Gasteiger partial charge in [-0.1, -0.05) is 33.1 Å². The minimum absolute atomic E-state index is 0.840. The van der Waals surface area contributed by atoms with Crippen molar-refractivity contribution in [1.29, 1.82) is 0 Å². The Kier molecular flexibility index (Phi) is 7.37. The predicted molar refractivity (Wildman–Crippen MR) is 75.8 cm³/mol. The van der Waals surface area contributed by atoms with Crippen LogP contribution < -0.4 is 5.32 Å². The zero-order chi connectivity index (χ0) is 12.5. The normalized spacial score (nSPS) is 28.5. The van der Waals surface area contributed by atoms with Crippen molar-refractivity contribution in [3.63, 3.8) is 0 Å². The van der Waals surface area contributed by atoms with Crippen molar-refractivity contribution in [1.82, 2.24) is 5.32 Å². The summed E-state index contributed by atoms with van der Waals surface area (Å²) in [5.41, 5.74) is 0. The second-order valence-corrected chi connectivity index (χ2v) is 5.43. The maximum atomic E-state index is 3.52. The van der Waals surface area contributed by atoms with Gasteiger partial charge in [0, 0.05) is 6.42 Å². The fourth-order valence-electron chi connectivity index (χ4n) is 3.18. The van der Waals surface area contributed by atoms with E-state index in [1.807, 2.05) is 6.92 Å². The van der Waals surface area contributed by atoms with Crippen LogP contribution in [0.4, 0.5) is 0 Å². The molecule has 0 amide bonds. The summed E-state index contributed by atoms with van der Waals surface area (Å²) in [6.45, 7) is 8.77. The van der Waals surface area contributed by atoms with Gasteiger partial charge in [-0.2, -0.15) is 0 Å². The Balaban J connectivity index is 2.47. The van der Waals surface area contributed by atoms with Gasteiger partial charge in [-0.05, 0) is 50.6 Å². The Morgan fingerprint density at radius 3 is 2.65 bits per heavy atom. The van der Waals surface area contributed by atoms with Gasteiger partial charge in [0.1, 0.15) is 0 Å². The van der Waals surface area contributed by atoms with E-state index in [0.29, 0.717) is 0 Å². The standard InChI is InChI=1S/C16H29N/c1-4-7-9-15-12-14(8-5-2)10-11-16(15)13-17-6-3/h14-17H,5-6,8-13H2,1-3H3. The summed E-state index contributed by atoms with van der Waals surface area (Å²) >= 11 is 0. The molecule has 0 aromatic heterocycles. The van der Waals surface area contributed by atoms with Gasteiger partial charge in [-0.25, -0.2) is 0 Å². The van der Waals surface area contributed by atoms with E-state index in [2.05, 4.69) is 31.0 Å². The second-order valence-electron chi connectivity index (χ2n) is 5.43. The van der Waals surface area contributed by atoms with Crippen molar-refractivity contribution < 1.29 is 0 Å². The largest absolute Gasteiger partial charge is 0.317 e. The Morgan fingerprint density at radius 2 is 2.00 bits per heavy atom. The minimum atomic E-state index is 0.840. The van der Waals surface area contributed by atoms with E-state index < -0.39 is 0 Å². The third kappa shape index (κ3) is 5.13. The first-order chi connectivity index (χ1) is 8.31. The molecule has 3 unspecified atom stereocenters. The molecule has 0 bridgehead atoms. The molecule has 0 radical (unpaired) electrons. The molecule has 0 aromatic carbocycles. The van der Waals surface area contributed by atoms with Crippen molar-refractivity contribution in [2.24, 2.45) is 17.8 Å². The fourth-order valence-corrected chi connectivity index (χ4v) is 3.18. The van der Waals surface area contributed by atoms with Gasteiger partial charge >= 0.3 is 0 Å². The second kappa shape index (κ2) is 8.59. The highest BCUT2D eigenvalue weighted by molar-refractivity contribution is 4.98. The monoisotopic (exact) mass is 235 g/mol. The van der Waals surface area contributed by atoms with Crippen molar-refractivity contribution in [3.8, 4) is 11.8 Å². The Hall–Kier alpha value is -0.480. The molecule has 17 heavy (non-hydrogen) atoms. The summed E-state index contributed by atoms with van der Waals surface area (Å²) in [7, 11) is 0. The summed E-state index contributed by atoms with van der Waals surface area (Å²) in [5.74, 6) is 9.06. The van der Waals surface area contributed by atoms with Crippen LogP contribution in [0.3, 0.4) is 0 Å². The van der Waals surface area contributed by atoms with Gasteiger partial charge in [0.15, 0.2) is 0 Å². The molecule has 3 atom stereocenters. The zero-order valence-electron chi connectivity index (χ0n) is 11.9. The highest BCUT2D eigenvalue weighted by Gasteiger charge is 2.28. The topological polar surface area (TPSA) is 12.0 Å². The Labute approximate surface area is 108 Å². The summed E-state index contributed by atoms with van der Waals surface area (Å²) in [5, 5.41) is 3.52. The van der Waals surface area contributed by atoms with Crippen LogP contribution in [0.1, 0.15) is 59.3 Å². The fraction of sp³-hybridized carbons (Fsp3) is 0.875. The minimum Gasteiger partial charge on any atom is -0.317 e. The molecule has 1 rings (SSSR count). The summed E-state index contributed by atoms with van der Waals surface area (Å²) < 4.78 is 0. The zero-order valence-corrected chi connectivity index (χ0v) is 11.9. The van der Waals surface area contributed by atoms with Gasteiger partial charge in [-0.15, -0.1) is 11.8 Å². The van der Waals surface area contributed by atoms with E-state index in [0.717, 1.165) is 30.7 Å². The smallest absolute Gasteiger partial charge is 0.0120 e. The van der Waals surface area contributed by atoms with E-state index in [1.54, 1.807) is 0 Å². The highest BCUT2D eigenvalue weighted by atomic mass is 14.8. The first-order valence-electron chi connectivity index (χ1n) is 7.42. The van der Waals surface area contributed by atoms with Crippen molar-refractivity contribution >= 4 is 0 Å². The average molecular weight is 235 g/mol. The lowest BCUT2D eigenvalue weighted by molar-refractivity contribution is 0.172. The number of nitrogens with one attached hydrogen (secondary N) is 1. The molecule has 0 aromatic rings. The summed E-state index contributed by atoms with van der Waals surface area (Å²) in [6, 6.07) is 0. The molecule has 1 fully saturated rings. The maximum Gasteiger partial charge on any atom is 0.0120 e. The molecule has 1 heteroatoms. The van der Waals surface area contributed by atoms with Gasteiger partial charge in [-0.3, -0.25) is 0 Å². The van der Waals surface area contributed by atoms with E-state index >= 15 is 0 Å². The lowest BCUT2D eigenvalue weighted by Gasteiger charge is -2.35. The molecular weight excluding hydrogens is 206 g/mol. The number of hydrogen-bond acceptors (Lipinski definition) is 1. The van der Waals surface area contributed by atoms with Crippen molar-refractivity contribution in [3.05, 3.63) is 0 Å². The summed E-state index contributed by atoms with van der Waals surface area (Å²) in [6.07, 6.45) is 8.15. The SMILES string of the molecule is CC#CCC1CC(CCC)CCC1CNCC. The van der Waals surface area contributed by atoms with E-state index in [9.17, 15) is 0 Å². The molecule has 1 aliphatic carbocycles. The van der Waals surface area contributed by atoms with Crippen LogP contribution in [0.5, 0.6) is 0 Å². The van der Waals surface area contributed by atoms with Crippen molar-refractivity contribution in [2.45, 2.75) is 59.3 Å². The van der Waals surface area contributed by atoms with Crippen molar-refractivity contribution in [2.75, 3.05) is 13.1 Å². The van der Waals surface area contributed by atoms with Crippen LogP contribution >= 0.6 is 0 Å². The molecule has 0 aliphatic heterocycles. The molecule has 0 saturated heterocycles. The molecular formula is C16H29N. The van der Waals surface area contributed by atoms with E-state index in [4.69, 9.17) is 0 Å². The van der Waals surface area contributed by atoms with E-state index in [1.165, 1.54) is 38.6 Å². The number of rotatable bonds is 6. The van der Waals surface area contributed by atoms with Crippen LogP contribution in [0.25, 0.3) is 0 Å². The Morgan fingerprint density at radius 1 is 1.18 bits per heavy atom. The van der Waals surface area contributed by atoms with Gasteiger partial charge in [0.25, 0.3) is 0 Å². The molecule has 1 N–H and O–H groups in total. The molecule has 0 spiro atoms. The van der Waals surface area contributed by atoms with Gasteiger partial charge < -0.3 is 5.32 Å². The first-order valence-corrected chi connectivity index (χ1v) is 7.42. The lowest BCUT2D eigenvalue weighted by atomic mass is 9.71. The Bertz CT molecular complexity index is 248. The van der Waals surface area contributed by atoms with Crippen LogP contribution in [0, 0.1) is 29.6 Å². The van der Waals surface area contributed by atoms with E-state index in [-0.39, 0.29) is 0 Å². The summed E-state index contributed by atoms with van der Waals surface area (Å²) in [4.78, 5) is 0. The maximum absolute atomic E-state index is 3.52. The van der Waals surface area contributed by atoms with Gasteiger partial charge in [0.05, 0.1) is 0 Å². The number of hydrogen-bond donors (Lipinski definition) is 1. The third-order valence-electron chi connectivity index (χ3n) is 4.14. The van der Waals surface area contributed by atoms with Gasteiger partial charge in [0.2, 0.25) is 0 Å². The molecule has 1 nitrogen and oxygen atoms in total. The van der Waals surface area contributed by atoms with Crippen LogP contribution in [0.15, 0.2) is 0 Å². The van der Waals surface area contributed by atoms with Crippen LogP contribution in [-0.2, 0) is 0 Å². The molecule has 1 aliphatic rings. The van der Waals surface area contributed by atoms with Crippen LogP contribution in [0.2, 0.25) is 0 Å². The molecule has 0 heterocycles. The average Bonchev–Trinajstić information content (AvgIpc) is 2.35. The third-order valence-corrected chi connectivity index (χ3v) is 4.14. The lowest BCUT2D eigenvalue weighted by Crippen LogP contribution is -2.33. The predicted octanol–water partition coefficient (Wildman–Crippen LogP) is 3.84. The quantitative estimate of drug-likeness (QED) is 0.690. The highest BCUT2D eigenvalue weighted by Crippen LogP contribution is 2.37. The molecule has 1 saturated carbocycles. The molecule has 98 valence electrons.